The van der Waals surface area contributed by atoms with Crippen LogP contribution in [0.4, 0.5) is 0 Å². The van der Waals surface area contributed by atoms with Gasteiger partial charge in [0.05, 0.1) is 19.1 Å². The van der Waals surface area contributed by atoms with Crippen molar-refractivity contribution in [1.29, 1.82) is 0 Å². The van der Waals surface area contributed by atoms with Gasteiger partial charge in [0.1, 0.15) is 5.69 Å². The highest BCUT2D eigenvalue weighted by atomic mass is 15.4. The van der Waals surface area contributed by atoms with Crippen LogP contribution in [0.5, 0.6) is 0 Å². The SMILES string of the molecule is Cn1ncc(Cn2ccnc2)n1. The minimum absolute atomic E-state index is 0.730. The van der Waals surface area contributed by atoms with E-state index in [4.69, 9.17) is 0 Å². The van der Waals surface area contributed by atoms with Crippen LogP contribution in [0.3, 0.4) is 0 Å². The molecular formula is C7H9N5. The van der Waals surface area contributed by atoms with Crippen LogP contribution in [0.15, 0.2) is 24.9 Å². The Kier molecular flexibility index (Phi) is 1.62. The van der Waals surface area contributed by atoms with Crippen LogP contribution in [0.25, 0.3) is 0 Å². The summed E-state index contributed by atoms with van der Waals surface area (Å²) in [5.74, 6) is 0. The molecular weight excluding hydrogens is 154 g/mol. The minimum Gasteiger partial charge on any atom is -0.331 e. The van der Waals surface area contributed by atoms with Crippen molar-refractivity contribution < 1.29 is 0 Å². The smallest absolute Gasteiger partial charge is 0.102 e. The molecule has 0 aromatic carbocycles. The summed E-state index contributed by atoms with van der Waals surface area (Å²) in [6, 6.07) is 0. The third kappa shape index (κ3) is 1.34. The maximum Gasteiger partial charge on any atom is 0.102 e. The van der Waals surface area contributed by atoms with E-state index in [9.17, 15) is 0 Å². The van der Waals surface area contributed by atoms with Crippen molar-refractivity contribution in [3.63, 3.8) is 0 Å². The van der Waals surface area contributed by atoms with Crippen LogP contribution in [0, 0.1) is 0 Å². The summed E-state index contributed by atoms with van der Waals surface area (Å²) in [6.45, 7) is 0.730. The van der Waals surface area contributed by atoms with Gasteiger partial charge in [0.25, 0.3) is 0 Å². The lowest BCUT2D eigenvalue weighted by atomic mass is 10.5. The second-order valence-electron chi connectivity index (χ2n) is 2.56. The lowest BCUT2D eigenvalue weighted by Crippen LogP contribution is -1.98. The summed E-state index contributed by atoms with van der Waals surface area (Å²) in [7, 11) is 1.80. The van der Waals surface area contributed by atoms with Crippen molar-refractivity contribution in [3.8, 4) is 0 Å². The van der Waals surface area contributed by atoms with Crippen molar-refractivity contribution in [2.45, 2.75) is 6.54 Å². The highest BCUT2D eigenvalue weighted by molar-refractivity contribution is 4.93. The van der Waals surface area contributed by atoms with Gasteiger partial charge in [-0.1, -0.05) is 0 Å². The summed E-state index contributed by atoms with van der Waals surface area (Å²) in [4.78, 5) is 5.48. The molecule has 0 saturated carbocycles. The molecule has 2 aromatic rings. The number of nitrogens with zero attached hydrogens (tertiary/aromatic N) is 5. The monoisotopic (exact) mass is 163 g/mol. The zero-order chi connectivity index (χ0) is 8.39. The summed E-state index contributed by atoms with van der Waals surface area (Å²) < 4.78 is 1.95. The molecule has 0 fully saturated rings. The molecule has 0 aliphatic carbocycles. The Labute approximate surface area is 69.7 Å². The molecule has 2 rings (SSSR count). The lowest BCUT2D eigenvalue weighted by molar-refractivity contribution is 0.636. The van der Waals surface area contributed by atoms with Crippen molar-refractivity contribution in [1.82, 2.24) is 24.5 Å². The summed E-state index contributed by atoms with van der Waals surface area (Å²) in [6.07, 6.45) is 7.15. The van der Waals surface area contributed by atoms with E-state index in [1.165, 1.54) is 0 Å². The van der Waals surface area contributed by atoms with Crippen LogP contribution in [0.2, 0.25) is 0 Å². The Balaban J connectivity index is 2.14. The molecule has 0 atom stereocenters. The standard InChI is InChI=1S/C7H9N5/c1-11-9-4-7(10-11)5-12-3-2-8-6-12/h2-4,6H,5H2,1H3. The average molecular weight is 163 g/mol. The molecule has 5 nitrogen and oxygen atoms in total. The van der Waals surface area contributed by atoms with Crippen molar-refractivity contribution >= 4 is 0 Å². The van der Waals surface area contributed by atoms with Gasteiger partial charge < -0.3 is 4.57 Å². The van der Waals surface area contributed by atoms with Crippen LogP contribution < -0.4 is 0 Å². The second-order valence-corrected chi connectivity index (χ2v) is 2.56. The fraction of sp³-hybridized carbons (Fsp3) is 0.286. The van der Waals surface area contributed by atoms with E-state index in [0.717, 1.165) is 12.2 Å². The molecule has 0 N–H and O–H groups in total. The third-order valence-electron chi connectivity index (χ3n) is 1.55. The number of imidazole rings is 1. The van der Waals surface area contributed by atoms with E-state index < -0.39 is 0 Å². The maximum absolute atomic E-state index is 4.14. The highest BCUT2D eigenvalue weighted by Gasteiger charge is 1.97. The molecule has 0 aliphatic rings. The van der Waals surface area contributed by atoms with Gasteiger partial charge in [-0.15, -0.1) is 0 Å². The van der Waals surface area contributed by atoms with E-state index in [2.05, 4.69) is 15.2 Å². The molecule has 5 heteroatoms. The number of hydrogen-bond acceptors (Lipinski definition) is 3. The van der Waals surface area contributed by atoms with Crippen molar-refractivity contribution in [2.75, 3.05) is 0 Å². The molecule has 0 saturated heterocycles. The number of aromatic nitrogens is 5. The highest BCUT2D eigenvalue weighted by Crippen LogP contribution is 1.95. The number of rotatable bonds is 2. The Morgan fingerprint density at radius 3 is 3.00 bits per heavy atom. The minimum atomic E-state index is 0.730. The molecule has 2 heterocycles. The lowest BCUT2D eigenvalue weighted by Gasteiger charge is -1.94. The van der Waals surface area contributed by atoms with Crippen LogP contribution >= 0.6 is 0 Å². The predicted octanol–water partition coefficient (Wildman–Crippen LogP) is 0.0599. The molecule has 0 amide bonds. The Bertz CT molecular complexity index is 348. The number of hydrogen-bond donors (Lipinski definition) is 0. The molecule has 0 spiro atoms. The van der Waals surface area contributed by atoms with Gasteiger partial charge in [-0.3, -0.25) is 0 Å². The van der Waals surface area contributed by atoms with E-state index in [0.29, 0.717) is 0 Å². The summed E-state index contributed by atoms with van der Waals surface area (Å²) in [5, 5.41) is 8.11. The fourth-order valence-corrected chi connectivity index (χ4v) is 1.03. The van der Waals surface area contributed by atoms with Crippen molar-refractivity contribution in [3.05, 3.63) is 30.6 Å². The summed E-state index contributed by atoms with van der Waals surface area (Å²) in [5.41, 5.74) is 0.940. The first kappa shape index (κ1) is 7.02. The zero-order valence-electron chi connectivity index (χ0n) is 6.75. The maximum atomic E-state index is 4.14. The van der Waals surface area contributed by atoms with Crippen LogP contribution in [0.1, 0.15) is 5.69 Å². The van der Waals surface area contributed by atoms with Crippen LogP contribution in [-0.4, -0.2) is 24.5 Å². The van der Waals surface area contributed by atoms with Gasteiger partial charge >= 0.3 is 0 Å². The molecule has 0 aliphatic heterocycles. The number of aryl methyl sites for hydroxylation is 1. The van der Waals surface area contributed by atoms with Gasteiger partial charge in [0.2, 0.25) is 0 Å². The van der Waals surface area contributed by atoms with Gasteiger partial charge in [0.15, 0.2) is 0 Å². The van der Waals surface area contributed by atoms with E-state index in [-0.39, 0.29) is 0 Å². The molecule has 2 aromatic heterocycles. The first-order valence-corrected chi connectivity index (χ1v) is 3.65. The Morgan fingerprint density at radius 2 is 2.42 bits per heavy atom. The first-order valence-electron chi connectivity index (χ1n) is 3.65. The van der Waals surface area contributed by atoms with Gasteiger partial charge in [-0.25, -0.2) is 4.98 Å². The average Bonchev–Trinajstić information content (AvgIpc) is 2.63. The van der Waals surface area contributed by atoms with Gasteiger partial charge in [0, 0.05) is 19.4 Å². The Hall–Kier alpha value is -1.65. The third-order valence-corrected chi connectivity index (χ3v) is 1.55. The zero-order valence-corrected chi connectivity index (χ0v) is 6.75. The normalized spacial score (nSPS) is 10.4. The topological polar surface area (TPSA) is 48.5 Å². The first-order chi connectivity index (χ1) is 5.84. The Morgan fingerprint density at radius 1 is 1.50 bits per heavy atom. The van der Waals surface area contributed by atoms with Gasteiger partial charge in [-0.05, 0) is 0 Å². The molecule has 12 heavy (non-hydrogen) atoms. The largest absolute Gasteiger partial charge is 0.331 e. The fourth-order valence-electron chi connectivity index (χ4n) is 1.03. The summed E-state index contributed by atoms with van der Waals surface area (Å²) >= 11 is 0. The molecule has 0 radical (unpaired) electrons. The second kappa shape index (κ2) is 2.77. The quantitative estimate of drug-likeness (QED) is 0.629. The van der Waals surface area contributed by atoms with E-state index in [1.807, 2.05) is 10.8 Å². The van der Waals surface area contributed by atoms with Gasteiger partial charge in [-0.2, -0.15) is 15.0 Å². The van der Waals surface area contributed by atoms with Crippen LogP contribution in [-0.2, 0) is 13.6 Å². The molecule has 62 valence electrons. The molecule has 0 unspecified atom stereocenters. The van der Waals surface area contributed by atoms with Crippen molar-refractivity contribution in [2.24, 2.45) is 7.05 Å². The molecule has 0 bridgehead atoms. The predicted molar refractivity (Wildman–Crippen MR) is 42.3 cm³/mol. The van der Waals surface area contributed by atoms with E-state index >= 15 is 0 Å². The van der Waals surface area contributed by atoms with E-state index in [1.54, 1.807) is 30.6 Å².